The third-order valence-corrected chi connectivity index (χ3v) is 5.12. The normalized spacial score (nSPS) is 12.4. The van der Waals surface area contributed by atoms with Gasteiger partial charge in [0.2, 0.25) is 0 Å². The quantitative estimate of drug-likeness (QED) is 0.474. The van der Waals surface area contributed by atoms with Crippen LogP contribution in [0.1, 0.15) is 41.3 Å². The summed E-state index contributed by atoms with van der Waals surface area (Å²) in [5.41, 5.74) is 4.14. The van der Waals surface area contributed by atoms with E-state index in [1.54, 1.807) is 13.4 Å². The van der Waals surface area contributed by atoms with Gasteiger partial charge in [-0.05, 0) is 36.3 Å². The summed E-state index contributed by atoms with van der Waals surface area (Å²) in [7, 11) is 3.59. The van der Waals surface area contributed by atoms with Crippen molar-refractivity contribution in [2.24, 2.45) is 7.05 Å². The standard InChI is InChI=1S/C24H25N5O/c1-17-15-29(16-25-17)21-12-10-19(14-22(21)30-4)11-13-23-26-24(27-28(23)3)18(2)20-8-6-5-7-9-20/h5-16,18H,1-4H3/b13-11+. The molecule has 0 amide bonds. The molecule has 6 nitrogen and oxygen atoms in total. The van der Waals surface area contributed by atoms with Gasteiger partial charge in [0.25, 0.3) is 0 Å². The monoisotopic (exact) mass is 399 g/mol. The van der Waals surface area contributed by atoms with Crippen LogP contribution in [0.5, 0.6) is 5.75 Å². The predicted octanol–water partition coefficient (Wildman–Crippen LogP) is 4.64. The summed E-state index contributed by atoms with van der Waals surface area (Å²) in [4.78, 5) is 9.02. The molecule has 2 aromatic heterocycles. The number of ether oxygens (including phenoxy) is 1. The third-order valence-electron chi connectivity index (χ3n) is 5.12. The van der Waals surface area contributed by atoms with E-state index in [0.29, 0.717) is 0 Å². The molecule has 0 radical (unpaired) electrons. The number of aryl methyl sites for hydroxylation is 2. The topological polar surface area (TPSA) is 57.8 Å². The molecule has 4 aromatic rings. The van der Waals surface area contributed by atoms with Gasteiger partial charge >= 0.3 is 0 Å². The van der Waals surface area contributed by atoms with E-state index in [1.165, 1.54) is 5.56 Å². The largest absolute Gasteiger partial charge is 0.495 e. The van der Waals surface area contributed by atoms with Crippen molar-refractivity contribution in [3.05, 3.63) is 89.5 Å². The zero-order valence-corrected chi connectivity index (χ0v) is 17.6. The van der Waals surface area contributed by atoms with Crippen molar-refractivity contribution in [3.63, 3.8) is 0 Å². The van der Waals surface area contributed by atoms with Crippen LogP contribution in [0, 0.1) is 6.92 Å². The fourth-order valence-corrected chi connectivity index (χ4v) is 3.37. The molecule has 0 bridgehead atoms. The molecule has 0 aliphatic carbocycles. The molecule has 0 saturated carbocycles. The average Bonchev–Trinajstić information content (AvgIpc) is 3.37. The van der Waals surface area contributed by atoms with Crippen LogP contribution in [-0.4, -0.2) is 31.4 Å². The molecular weight excluding hydrogens is 374 g/mol. The molecule has 6 heteroatoms. The van der Waals surface area contributed by atoms with Crippen molar-refractivity contribution >= 4 is 12.2 Å². The van der Waals surface area contributed by atoms with E-state index < -0.39 is 0 Å². The van der Waals surface area contributed by atoms with Crippen LogP contribution in [0.25, 0.3) is 17.8 Å². The van der Waals surface area contributed by atoms with E-state index in [-0.39, 0.29) is 5.92 Å². The zero-order valence-electron chi connectivity index (χ0n) is 17.6. The second kappa shape index (κ2) is 8.37. The first-order valence-corrected chi connectivity index (χ1v) is 9.88. The highest BCUT2D eigenvalue weighted by atomic mass is 16.5. The minimum Gasteiger partial charge on any atom is -0.495 e. The van der Waals surface area contributed by atoms with Gasteiger partial charge in [-0.1, -0.05) is 49.4 Å². The Morgan fingerprint density at radius 3 is 2.57 bits per heavy atom. The maximum atomic E-state index is 5.59. The first-order chi connectivity index (χ1) is 14.5. The minimum absolute atomic E-state index is 0.137. The lowest BCUT2D eigenvalue weighted by Crippen LogP contribution is -1.99. The van der Waals surface area contributed by atoms with Gasteiger partial charge in [0.05, 0.1) is 24.8 Å². The number of hydrogen-bond donors (Lipinski definition) is 0. The van der Waals surface area contributed by atoms with Crippen LogP contribution in [0.3, 0.4) is 0 Å². The van der Waals surface area contributed by atoms with Crippen molar-refractivity contribution in [3.8, 4) is 11.4 Å². The first kappa shape index (κ1) is 19.6. The van der Waals surface area contributed by atoms with Crippen molar-refractivity contribution in [2.75, 3.05) is 7.11 Å². The minimum atomic E-state index is 0.137. The summed E-state index contributed by atoms with van der Waals surface area (Å²) in [6, 6.07) is 16.4. The highest BCUT2D eigenvalue weighted by Crippen LogP contribution is 2.26. The summed E-state index contributed by atoms with van der Waals surface area (Å²) in [5.74, 6) is 2.54. The highest BCUT2D eigenvalue weighted by molar-refractivity contribution is 5.69. The molecule has 0 aliphatic rings. The zero-order chi connectivity index (χ0) is 21.1. The van der Waals surface area contributed by atoms with Crippen LogP contribution < -0.4 is 4.74 Å². The Bertz CT molecular complexity index is 1170. The van der Waals surface area contributed by atoms with E-state index in [0.717, 1.165) is 34.3 Å². The van der Waals surface area contributed by atoms with Crippen LogP contribution in [0.2, 0.25) is 0 Å². The number of methoxy groups -OCH3 is 1. The van der Waals surface area contributed by atoms with Crippen molar-refractivity contribution in [2.45, 2.75) is 19.8 Å². The lowest BCUT2D eigenvalue weighted by Gasteiger charge is -2.09. The SMILES string of the molecule is COc1cc(/C=C/c2nc(C(C)c3ccccc3)nn2C)ccc1-n1cnc(C)c1. The second-order valence-corrected chi connectivity index (χ2v) is 7.27. The number of hydrogen-bond acceptors (Lipinski definition) is 4. The summed E-state index contributed by atoms with van der Waals surface area (Å²) in [6.07, 6.45) is 7.76. The third kappa shape index (κ3) is 4.03. The lowest BCUT2D eigenvalue weighted by atomic mass is 10.0. The van der Waals surface area contributed by atoms with Crippen LogP contribution in [0.4, 0.5) is 0 Å². The molecule has 2 aromatic carbocycles. The second-order valence-electron chi connectivity index (χ2n) is 7.27. The number of benzene rings is 2. The van der Waals surface area contributed by atoms with E-state index in [2.05, 4.69) is 29.1 Å². The van der Waals surface area contributed by atoms with Crippen LogP contribution in [-0.2, 0) is 7.05 Å². The maximum Gasteiger partial charge on any atom is 0.158 e. The number of rotatable bonds is 6. The summed E-state index contributed by atoms with van der Waals surface area (Å²) in [5, 5.41) is 4.61. The van der Waals surface area contributed by atoms with E-state index in [4.69, 9.17) is 9.72 Å². The number of imidazole rings is 1. The van der Waals surface area contributed by atoms with Crippen molar-refractivity contribution in [1.29, 1.82) is 0 Å². The van der Waals surface area contributed by atoms with Gasteiger partial charge in [-0.15, -0.1) is 0 Å². The van der Waals surface area contributed by atoms with Gasteiger partial charge in [-0.25, -0.2) is 14.6 Å². The molecule has 2 heterocycles. The van der Waals surface area contributed by atoms with Gasteiger partial charge in [-0.3, -0.25) is 0 Å². The highest BCUT2D eigenvalue weighted by Gasteiger charge is 2.14. The molecule has 0 fully saturated rings. The molecule has 152 valence electrons. The van der Waals surface area contributed by atoms with Gasteiger partial charge in [0.1, 0.15) is 5.75 Å². The smallest absolute Gasteiger partial charge is 0.158 e. The Labute approximate surface area is 176 Å². The number of aromatic nitrogens is 5. The fourth-order valence-electron chi connectivity index (χ4n) is 3.37. The van der Waals surface area contributed by atoms with Crippen molar-refractivity contribution in [1.82, 2.24) is 24.3 Å². The van der Waals surface area contributed by atoms with Crippen LogP contribution in [0.15, 0.2) is 61.1 Å². The fraction of sp³-hybridized carbons (Fsp3) is 0.208. The van der Waals surface area contributed by atoms with Gasteiger partial charge in [0.15, 0.2) is 11.6 Å². The molecule has 0 spiro atoms. The molecule has 4 rings (SSSR count). The Hall–Kier alpha value is -3.67. The number of nitrogens with zero attached hydrogens (tertiary/aromatic N) is 5. The predicted molar refractivity (Wildman–Crippen MR) is 119 cm³/mol. The Kier molecular flexibility index (Phi) is 5.48. The van der Waals surface area contributed by atoms with Gasteiger partial charge in [0, 0.05) is 19.2 Å². The average molecular weight is 399 g/mol. The Morgan fingerprint density at radius 1 is 1.07 bits per heavy atom. The summed E-state index contributed by atoms with van der Waals surface area (Å²) in [6.45, 7) is 4.09. The first-order valence-electron chi connectivity index (χ1n) is 9.88. The molecule has 0 aliphatic heterocycles. The van der Waals surface area contributed by atoms with Crippen molar-refractivity contribution < 1.29 is 4.74 Å². The maximum absolute atomic E-state index is 5.59. The summed E-state index contributed by atoms with van der Waals surface area (Å²) < 4.78 is 9.36. The Morgan fingerprint density at radius 2 is 1.87 bits per heavy atom. The molecule has 0 N–H and O–H groups in total. The van der Waals surface area contributed by atoms with Crippen LogP contribution >= 0.6 is 0 Å². The lowest BCUT2D eigenvalue weighted by molar-refractivity contribution is 0.413. The summed E-state index contributed by atoms with van der Waals surface area (Å²) >= 11 is 0. The Balaban J connectivity index is 1.57. The van der Waals surface area contributed by atoms with E-state index in [1.807, 2.05) is 78.0 Å². The molecule has 1 atom stereocenters. The molecule has 1 unspecified atom stereocenters. The van der Waals surface area contributed by atoms with E-state index in [9.17, 15) is 0 Å². The van der Waals surface area contributed by atoms with E-state index >= 15 is 0 Å². The van der Waals surface area contributed by atoms with Gasteiger partial charge in [-0.2, -0.15) is 5.10 Å². The molecule has 0 saturated heterocycles. The molecular formula is C24H25N5O. The molecule has 30 heavy (non-hydrogen) atoms. The van der Waals surface area contributed by atoms with Gasteiger partial charge < -0.3 is 9.30 Å².